The molecule has 1 aliphatic heterocycles. The van der Waals surface area contributed by atoms with Crippen LogP contribution in [0.15, 0.2) is 66.7 Å². The highest BCUT2D eigenvalue weighted by atomic mass is 16.5. The molecule has 3 aromatic carbocycles. The molecule has 0 bridgehead atoms. The maximum atomic E-state index is 12.7. The molecule has 7 heteroatoms. The summed E-state index contributed by atoms with van der Waals surface area (Å²) >= 11 is 0. The second-order valence-electron chi connectivity index (χ2n) is 6.60. The zero-order valence-electron chi connectivity index (χ0n) is 16.3. The molecular formula is C23H18N2O5. The Labute approximate surface area is 172 Å². The van der Waals surface area contributed by atoms with E-state index in [0.717, 1.165) is 4.90 Å². The Hall–Kier alpha value is -4.13. The average Bonchev–Trinajstić information content (AvgIpc) is 3.03. The number of anilines is 2. The first kappa shape index (κ1) is 19.2. The Morgan fingerprint density at radius 1 is 0.800 bits per heavy atom. The van der Waals surface area contributed by atoms with Gasteiger partial charge in [0.2, 0.25) is 0 Å². The first-order valence-electron chi connectivity index (χ1n) is 9.14. The fourth-order valence-electron chi connectivity index (χ4n) is 3.29. The zero-order valence-corrected chi connectivity index (χ0v) is 16.3. The van der Waals surface area contributed by atoms with E-state index < -0.39 is 11.8 Å². The quantitative estimate of drug-likeness (QED) is 0.657. The summed E-state index contributed by atoms with van der Waals surface area (Å²) in [6.45, 7) is 0. The molecule has 1 N–H and O–H groups in total. The number of nitrogens with one attached hydrogen (secondary N) is 1. The van der Waals surface area contributed by atoms with E-state index in [1.807, 2.05) is 0 Å². The second kappa shape index (κ2) is 7.71. The van der Waals surface area contributed by atoms with Crippen LogP contribution in [0.1, 0.15) is 31.1 Å². The second-order valence-corrected chi connectivity index (χ2v) is 6.60. The number of hydrogen-bond acceptors (Lipinski definition) is 5. The molecule has 0 saturated heterocycles. The number of benzene rings is 3. The van der Waals surface area contributed by atoms with Crippen LogP contribution in [-0.2, 0) is 0 Å². The first-order valence-corrected chi connectivity index (χ1v) is 9.14. The van der Waals surface area contributed by atoms with Gasteiger partial charge in [-0.2, -0.15) is 0 Å². The summed E-state index contributed by atoms with van der Waals surface area (Å²) in [5.74, 6) is -0.196. The molecule has 0 saturated carbocycles. The lowest BCUT2D eigenvalue weighted by Crippen LogP contribution is -2.29. The predicted octanol–water partition coefficient (Wildman–Crippen LogP) is 3.76. The van der Waals surface area contributed by atoms with E-state index in [9.17, 15) is 14.4 Å². The highest BCUT2D eigenvalue weighted by Crippen LogP contribution is 2.30. The van der Waals surface area contributed by atoms with E-state index in [4.69, 9.17) is 9.47 Å². The van der Waals surface area contributed by atoms with Crippen LogP contribution < -0.4 is 19.7 Å². The minimum atomic E-state index is -0.392. The van der Waals surface area contributed by atoms with Gasteiger partial charge in [-0.3, -0.25) is 14.4 Å². The van der Waals surface area contributed by atoms with Crippen LogP contribution in [0, 0.1) is 0 Å². The molecule has 0 aromatic heterocycles. The largest absolute Gasteiger partial charge is 0.497 e. The Morgan fingerprint density at radius 2 is 1.40 bits per heavy atom. The van der Waals surface area contributed by atoms with Gasteiger partial charge in [-0.25, -0.2) is 4.90 Å². The molecule has 150 valence electrons. The molecule has 1 aliphatic rings. The number of ether oxygens (including phenoxy) is 2. The number of nitrogens with zero attached hydrogens (tertiary/aromatic N) is 1. The minimum absolute atomic E-state index is 0.345. The van der Waals surface area contributed by atoms with Crippen molar-refractivity contribution in [2.24, 2.45) is 0 Å². The van der Waals surface area contributed by atoms with Gasteiger partial charge in [0.25, 0.3) is 17.7 Å². The predicted molar refractivity (Wildman–Crippen MR) is 112 cm³/mol. The Balaban J connectivity index is 1.60. The van der Waals surface area contributed by atoms with E-state index in [1.54, 1.807) is 66.7 Å². The van der Waals surface area contributed by atoms with Gasteiger partial charge in [0.15, 0.2) is 0 Å². The molecule has 0 radical (unpaired) electrons. The van der Waals surface area contributed by atoms with Crippen molar-refractivity contribution in [1.29, 1.82) is 0 Å². The maximum Gasteiger partial charge on any atom is 0.266 e. The molecule has 3 aromatic rings. The van der Waals surface area contributed by atoms with E-state index >= 15 is 0 Å². The zero-order chi connectivity index (χ0) is 21.3. The van der Waals surface area contributed by atoms with Crippen molar-refractivity contribution >= 4 is 29.1 Å². The lowest BCUT2D eigenvalue weighted by Gasteiger charge is -2.15. The summed E-state index contributed by atoms with van der Waals surface area (Å²) in [6, 6.07) is 18.1. The molecule has 0 fully saturated rings. The molecule has 3 amide bonds. The Morgan fingerprint density at radius 3 is 1.97 bits per heavy atom. The van der Waals surface area contributed by atoms with Crippen LogP contribution >= 0.6 is 0 Å². The minimum Gasteiger partial charge on any atom is -0.497 e. The van der Waals surface area contributed by atoms with Crippen molar-refractivity contribution < 1.29 is 23.9 Å². The number of rotatable bonds is 5. The third-order valence-corrected chi connectivity index (χ3v) is 4.77. The van der Waals surface area contributed by atoms with Crippen LogP contribution in [0.3, 0.4) is 0 Å². The molecule has 30 heavy (non-hydrogen) atoms. The van der Waals surface area contributed by atoms with Gasteiger partial charge in [-0.15, -0.1) is 0 Å². The van der Waals surface area contributed by atoms with Gasteiger partial charge in [-0.05, 0) is 42.5 Å². The highest BCUT2D eigenvalue weighted by Gasteiger charge is 2.36. The Kier molecular flexibility index (Phi) is 4.93. The van der Waals surface area contributed by atoms with Crippen LogP contribution in [0.5, 0.6) is 11.5 Å². The van der Waals surface area contributed by atoms with Gasteiger partial charge in [0, 0.05) is 17.3 Å². The van der Waals surface area contributed by atoms with Gasteiger partial charge >= 0.3 is 0 Å². The average molecular weight is 402 g/mol. The van der Waals surface area contributed by atoms with Crippen molar-refractivity contribution in [2.45, 2.75) is 0 Å². The lowest BCUT2D eigenvalue weighted by atomic mass is 10.1. The van der Waals surface area contributed by atoms with Crippen LogP contribution in [0.2, 0.25) is 0 Å². The summed E-state index contributed by atoms with van der Waals surface area (Å²) < 4.78 is 10.4. The first-order chi connectivity index (χ1) is 14.5. The third-order valence-electron chi connectivity index (χ3n) is 4.77. The number of carbonyl (C=O) groups excluding carboxylic acids is 3. The number of fused-ring (bicyclic) bond motifs is 1. The van der Waals surface area contributed by atoms with Crippen molar-refractivity contribution in [1.82, 2.24) is 0 Å². The molecular weight excluding hydrogens is 384 g/mol. The maximum absolute atomic E-state index is 12.7. The normalized spacial score (nSPS) is 12.5. The molecule has 4 rings (SSSR count). The fourth-order valence-corrected chi connectivity index (χ4v) is 3.29. The summed E-state index contributed by atoms with van der Waals surface area (Å²) in [6.07, 6.45) is 0. The monoisotopic (exact) mass is 402 g/mol. The van der Waals surface area contributed by atoms with E-state index in [2.05, 4.69) is 5.32 Å². The highest BCUT2D eigenvalue weighted by molar-refractivity contribution is 6.34. The molecule has 0 aliphatic carbocycles. The van der Waals surface area contributed by atoms with Gasteiger partial charge in [0.05, 0.1) is 31.0 Å². The fraction of sp³-hybridized carbons (Fsp3) is 0.0870. The SMILES string of the molecule is COc1cc(OC)cc(C(=O)Nc2cccc(N3C(=O)c4ccccc4C3=O)c2)c1. The van der Waals surface area contributed by atoms with Crippen molar-refractivity contribution in [2.75, 3.05) is 24.4 Å². The number of methoxy groups -OCH3 is 2. The van der Waals surface area contributed by atoms with E-state index in [0.29, 0.717) is 39.6 Å². The number of amides is 3. The standard InChI is InChI=1S/C23H18N2O5/c1-29-17-10-14(11-18(13-17)30-2)21(26)24-15-6-5-7-16(12-15)25-22(27)19-8-3-4-9-20(19)23(25)28/h3-13H,1-2H3,(H,24,26). The lowest BCUT2D eigenvalue weighted by molar-refractivity contribution is 0.0925. The van der Waals surface area contributed by atoms with Crippen molar-refractivity contribution in [3.63, 3.8) is 0 Å². The molecule has 0 unspecified atom stereocenters. The van der Waals surface area contributed by atoms with Gasteiger partial charge in [0.1, 0.15) is 11.5 Å². The van der Waals surface area contributed by atoms with Crippen molar-refractivity contribution in [3.05, 3.63) is 83.4 Å². The summed E-state index contributed by atoms with van der Waals surface area (Å²) in [7, 11) is 3.00. The molecule has 0 atom stereocenters. The molecule has 0 spiro atoms. The third kappa shape index (κ3) is 3.37. The summed E-state index contributed by atoms with van der Waals surface area (Å²) in [4.78, 5) is 39.2. The Bertz CT molecular complexity index is 1110. The van der Waals surface area contributed by atoms with Gasteiger partial charge < -0.3 is 14.8 Å². The molecule has 7 nitrogen and oxygen atoms in total. The number of imide groups is 1. The van der Waals surface area contributed by atoms with E-state index in [-0.39, 0.29) is 5.91 Å². The summed E-state index contributed by atoms with van der Waals surface area (Å²) in [5, 5.41) is 2.78. The number of hydrogen-bond donors (Lipinski definition) is 1. The van der Waals surface area contributed by atoms with E-state index in [1.165, 1.54) is 14.2 Å². The van der Waals surface area contributed by atoms with Crippen LogP contribution in [0.25, 0.3) is 0 Å². The van der Waals surface area contributed by atoms with Crippen LogP contribution in [-0.4, -0.2) is 31.9 Å². The van der Waals surface area contributed by atoms with Gasteiger partial charge in [-0.1, -0.05) is 18.2 Å². The van der Waals surface area contributed by atoms with Crippen LogP contribution in [0.4, 0.5) is 11.4 Å². The number of carbonyl (C=O) groups is 3. The smallest absolute Gasteiger partial charge is 0.266 e. The van der Waals surface area contributed by atoms with Crippen molar-refractivity contribution in [3.8, 4) is 11.5 Å². The summed E-state index contributed by atoms with van der Waals surface area (Å²) in [5.41, 5.74) is 1.89. The molecule has 1 heterocycles. The topological polar surface area (TPSA) is 84.9 Å².